The van der Waals surface area contributed by atoms with Gasteiger partial charge in [0.2, 0.25) is 0 Å². The molecule has 104 valence electrons. The van der Waals surface area contributed by atoms with E-state index in [1.54, 1.807) is 25.1 Å². The van der Waals surface area contributed by atoms with Crippen molar-refractivity contribution in [3.63, 3.8) is 0 Å². The van der Waals surface area contributed by atoms with Crippen molar-refractivity contribution in [3.05, 3.63) is 62.7 Å². The quantitative estimate of drug-likeness (QED) is 0.686. The normalized spacial score (nSPS) is 10.3. The van der Waals surface area contributed by atoms with Crippen LogP contribution in [0.15, 0.2) is 36.4 Å². The molecule has 0 saturated carbocycles. The van der Waals surface area contributed by atoms with E-state index in [0.29, 0.717) is 28.6 Å². The fraction of sp³-hybridized carbons (Fsp3) is 0.143. The Hall–Kier alpha value is -2.11. The van der Waals surface area contributed by atoms with E-state index >= 15 is 0 Å². The topological polar surface area (TPSA) is 78.4 Å². The maximum Gasteiger partial charge on any atom is 0.272 e. The number of rotatable bonds is 4. The van der Waals surface area contributed by atoms with Crippen LogP contribution in [0.25, 0.3) is 0 Å². The summed E-state index contributed by atoms with van der Waals surface area (Å²) in [5.41, 5.74) is 6.98. The molecule has 2 N–H and O–H groups in total. The van der Waals surface area contributed by atoms with Gasteiger partial charge >= 0.3 is 0 Å². The standard InChI is InChI=1S/C14H13ClN2O3/c1-9-7-11(5-6-13(9)17(18)19)20-14-10(8-16)3-2-4-12(14)15/h2-7H,8,16H2,1H3. The molecule has 0 aliphatic rings. The van der Waals surface area contributed by atoms with Gasteiger partial charge in [0, 0.05) is 23.7 Å². The summed E-state index contributed by atoms with van der Waals surface area (Å²) in [5.74, 6) is 0.959. The number of ether oxygens (including phenoxy) is 1. The molecule has 2 rings (SSSR count). The lowest BCUT2D eigenvalue weighted by atomic mass is 10.2. The Labute approximate surface area is 121 Å². The van der Waals surface area contributed by atoms with Crippen molar-refractivity contribution < 1.29 is 9.66 Å². The molecule has 0 atom stereocenters. The van der Waals surface area contributed by atoms with Gasteiger partial charge in [-0.15, -0.1) is 0 Å². The molecule has 20 heavy (non-hydrogen) atoms. The Balaban J connectivity index is 2.36. The zero-order chi connectivity index (χ0) is 14.7. The lowest BCUT2D eigenvalue weighted by molar-refractivity contribution is -0.385. The van der Waals surface area contributed by atoms with Crippen LogP contribution in [0, 0.1) is 17.0 Å². The third-order valence-corrected chi connectivity index (χ3v) is 3.15. The number of para-hydroxylation sites is 1. The summed E-state index contributed by atoms with van der Waals surface area (Å²) in [6, 6.07) is 9.85. The molecule has 5 nitrogen and oxygen atoms in total. The lowest BCUT2D eigenvalue weighted by Gasteiger charge is -2.12. The molecule has 0 fully saturated rings. The first-order valence-electron chi connectivity index (χ1n) is 5.93. The van der Waals surface area contributed by atoms with Crippen molar-refractivity contribution in [1.29, 1.82) is 0 Å². The third-order valence-electron chi connectivity index (χ3n) is 2.85. The van der Waals surface area contributed by atoms with Crippen molar-refractivity contribution in [2.75, 3.05) is 0 Å². The van der Waals surface area contributed by atoms with Crippen LogP contribution >= 0.6 is 11.6 Å². The molecule has 0 saturated heterocycles. The number of benzene rings is 2. The maximum absolute atomic E-state index is 10.8. The van der Waals surface area contributed by atoms with E-state index in [-0.39, 0.29) is 5.69 Å². The van der Waals surface area contributed by atoms with E-state index in [9.17, 15) is 10.1 Å². The first-order chi connectivity index (χ1) is 9.52. The van der Waals surface area contributed by atoms with E-state index in [1.807, 2.05) is 6.07 Å². The molecule has 0 amide bonds. The number of hydrogen-bond donors (Lipinski definition) is 1. The first kappa shape index (κ1) is 14.3. The van der Waals surface area contributed by atoms with Crippen LogP contribution < -0.4 is 10.5 Å². The number of nitrogens with two attached hydrogens (primary N) is 1. The minimum atomic E-state index is -0.431. The van der Waals surface area contributed by atoms with Crippen LogP contribution in [0.5, 0.6) is 11.5 Å². The molecule has 0 radical (unpaired) electrons. The van der Waals surface area contributed by atoms with Gasteiger partial charge in [0.15, 0.2) is 0 Å². The molecule has 2 aromatic rings. The lowest BCUT2D eigenvalue weighted by Crippen LogP contribution is -2.00. The first-order valence-corrected chi connectivity index (χ1v) is 6.31. The predicted molar refractivity (Wildman–Crippen MR) is 77.3 cm³/mol. The summed E-state index contributed by atoms with van der Waals surface area (Å²) in [6.07, 6.45) is 0. The van der Waals surface area contributed by atoms with Gasteiger partial charge in [0.25, 0.3) is 5.69 Å². The van der Waals surface area contributed by atoms with Crippen LogP contribution in [-0.4, -0.2) is 4.92 Å². The van der Waals surface area contributed by atoms with Crippen molar-refractivity contribution in [2.24, 2.45) is 5.73 Å². The van der Waals surface area contributed by atoms with Crippen molar-refractivity contribution in [3.8, 4) is 11.5 Å². The summed E-state index contributed by atoms with van der Waals surface area (Å²) in [5, 5.41) is 11.2. The molecule has 0 spiro atoms. The molecule has 0 aliphatic heterocycles. The number of aryl methyl sites for hydroxylation is 1. The van der Waals surface area contributed by atoms with Crippen LogP contribution in [0.4, 0.5) is 5.69 Å². The Morgan fingerprint density at radius 2 is 2.10 bits per heavy atom. The number of halogens is 1. The summed E-state index contributed by atoms with van der Waals surface area (Å²) in [7, 11) is 0. The molecule has 0 heterocycles. The molecule has 0 aromatic heterocycles. The molecular formula is C14H13ClN2O3. The second kappa shape index (κ2) is 5.90. The zero-order valence-corrected chi connectivity index (χ0v) is 11.6. The highest BCUT2D eigenvalue weighted by atomic mass is 35.5. The zero-order valence-electron chi connectivity index (χ0n) is 10.8. The number of nitro benzene ring substituents is 1. The number of nitro groups is 1. The van der Waals surface area contributed by atoms with E-state index in [2.05, 4.69) is 0 Å². The number of nitrogens with zero attached hydrogens (tertiary/aromatic N) is 1. The fourth-order valence-electron chi connectivity index (χ4n) is 1.84. The van der Waals surface area contributed by atoms with Crippen molar-refractivity contribution in [1.82, 2.24) is 0 Å². The SMILES string of the molecule is Cc1cc(Oc2c(Cl)cccc2CN)ccc1[N+](=O)[O-]. The molecule has 2 aromatic carbocycles. The van der Waals surface area contributed by atoms with Crippen molar-refractivity contribution >= 4 is 17.3 Å². The van der Waals surface area contributed by atoms with Gasteiger partial charge in [0.1, 0.15) is 11.5 Å². The van der Waals surface area contributed by atoms with Gasteiger partial charge in [-0.2, -0.15) is 0 Å². The average molecular weight is 293 g/mol. The predicted octanol–water partition coefficient (Wildman–Crippen LogP) is 3.81. The van der Waals surface area contributed by atoms with E-state index in [4.69, 9.17) is 22.1 Å². The van der Waals surface area contributed by atoms with Gasteiger partial charge in [-0.1, -0.05) is 23.7 Å². The summed E-state index contributed by atoms with van der Waals surface area (Å²) >= 11 is 6.09. The molecular weight excluding hydrogens is 280 g/mol. The average Bonchev–Trinajstić information content (AvgIpc) is 2.40. The van der Waals surface area contributed by atoms with Crippen LogP contribution in [0.3, 0.4) is 0 Å². The van der Waals surface area contributed by atoms with Crippen LogP contribution in [0.1, 0.15) is 11.1 Å². The monoisotopic (exact) mass is 292 g/mol. The number of hydrogen-bond acceptors (Lipinski definition) is 4. The summed E-state index contributed by atoms with van der Waals surface area (Å²) < 4.78 is 5.71. The largest absolute Gasteiger partial charge is 0.455 e. The van der Waals surface area contributed by atoms with E-state index in [0.717, 1.165) is 5.56 Å². The van der Waals surface area contributed by atoms with E-state index in [1.165, 1.54) is 12.1 Å². The van der Waals surface area contributed by atoms with Gasteiger partial charge < -0.3 is 10.5 Å². The highest BCUT2D eigenvalue weighted by Gasteiger charge is 2.13. The smallest absolute Gasteiger partial charge is 0.272 e. The molecule has 0 bridgehead atoms. The van der Waals surface area contributed by atoms with Gasteiger partial charge in [0.05, 0.1) is 9.95 Å². The molecule has 0 unspecified atom stereocenters. The second-order valence-corrected chi connectivity index (χ2v) is 4.65. The Bertz CT molecular complexity index is 659. The Morgan fingerprint density at radius 3 is 2.70 bits per heavy atom. The van der Waals surface area contributed by atoms with Gasteiger partial charge in [-0.05, 0) is 25.1 Å². The van der Waals surface area contributed by atoms with Crippen LogP contribution in [0.2, 0.25) is 5.02 Å². The summed E-state index contributed by atoms with van der Waals surface area (Å²) in [6.45, 7) is 1.95. The highest BCUT2D eigenvalue weighted by Crippen LogP contribution is 2.34. The summed E-state index contributed by atoms with van der Waals surface area (Å²) in [4.78, 5) is 10.3. The second-order valence-electron chi connectivity index (χ2n) is 4.24. The fourth-order valence-corrected chi connectivity index (χ4v) is 2.08. The Morgan fingerprint density at radius 1 is 1.35 bits per heavy atom. The molecule has 0 aliphatic carbocycles. The van der Waals surface area contributed by atoms with Crippen molar-refractivity contribution in [2.45, 2.75) is 13.5 Å². The van der Waals surface area contributed by atoms with Gasteiger partial charge in [-0.25, -0.2) is 0 Å². The minimum absolute atomic E-state index is 0.0514. The highest BCUT2D eigenvalue weighted by molar-refractivity contribution is 6.32. The Kier molecular flexibility index (Phi) is 4.22. The minimum Gasteiger partial charge on any atom is -0.455 e. The van der Waals surface area contributed by atoms with E-state index < -0.39 is 4.92 Å². The molecule has 6 heteroatoms. The van der Waals surface area contributed by atoms with Gasteiger partial charge in [-0.3, -0.25) is 10.1 Å². The maximum atomic E-state index is 10.8. The van der Waals surface area contributed by atoms with Crippen LogP contribution in [-0.2, 0) is 6.54 Å². The third kappa shape index (κ3) is 2.89.